The van der Waals surface area contributed by atoms with Gasteiger partial charge in [-0.2, -0.15) is 0 Å². The van der Waals surface area contributed by atoms with Crippen molar-refractivity contribution in [3.05, 3.63) is 12.7 Å². The van der Waals surface area contributed by atoms with Crippen LogP contribution in [0.25, 0.3) is 0 Å². The van der Waals surface area contributed by atoms with Crippen molar-refractivity contribution in [2.24, 2.45) is 5.92 Å². The third-order valence-electron chi connectivity index (χ3n) is 1.26. The van der Waals surface area contributed by atoms with Crippen LogP contribution in [0.4, 0.5) is 0 Å². The topological polar surface area (TPSA) is 29.5 Å². The van der Waals surface area contributed by atoms with Crippen LogP contribution in [-0.2, 0) is 4.74 Å². The van der Waals surface area contributed by atoms with E-state index < -0.39 is 0 Å². The molecule has 0 spiro atoms. The van der Waals surface area contributed by atoms with E-state index in [0.717, 1.165) is 6.42 Å². The zero-order valence-electron chi connectivity index (χ0n) is 6.55. The molecule has 0 saturated carbocycles. The summed E-state index contributed by atoms with van der Waals surface area (Å²) in [6.45, 7) is 7.15. The van der Waals surface area contributed by atoms with Crippen molar-refractivity contribution in [3.8, 4) is 0 Å². The van der Waals surface area contributed by atoms with Gasteiger partial charge in [0.2, 0.25) is 0 Å². The Morgan fingerprint density at radius 1 is 1.70 bits per heavy atom. The van der Waals surface area contributed by atoms with Crippen LogP contribution in [0.15, 0.2) is 12.7 Å². The van der Waals surface area contributed by atoms with Gasteiger partial charge < -0.3 is 9.84 Å². The largest absolute Gasteiger partial charge is 0.396 e. The van der Waals surface area contributed by atoms with Crippen molar-refractivity contribution in [1.82, 2.24) is 0 Å². The molecule has 0 radical (unpaired) electrons. The van der Waals surface area contributed by atoms with Crippen LogP contribution in [0.5, 0.6) is 0 Å². The van der Waals surface area contributed by atoms with Crippen molar-refractivity contribution in [1.29, 1.82) is 0 Å². The van der Waals surface area contributed by atoms with Crippen LogP contribution in [0.2, 0.25) is 0 Å². The van der Waals surface area contributed by atoms with Crippen LogP contribution < -0.4 is 0 Å². The summed E-state index contributed by atoms with van der Waals surface area (Å²) in [4.78, 5) is 0. The molecule has 1 N–H and O–H groups in total. The summed E-state index contributed by atoms with van der Waals surface area (Å²) in [5, 5.41) is 8.52. The third kappa shape index (κ3) is 5.79. The fourth-order valence-corrected chi connectivity index (χ4v) is 0.656. The van der Waals surface area contributed by atoms with Crippen LogP contribution in [-0.4, -0.2) is 24.9 Å². The molecule has 0 aliphatic rings. The van der Waals surface area contributed by atoms with Gasteiger partial charge in [-0.25, -0.2) is 0 Å². The van der Waals surface area contributed by atoms with Gasteiger partial charge in [0.25, 0.3) is 0 Å². The molecular formula is C8H16O2. The molecule has 0 heterocycles. The number of rotatable bonds is 6. The van der Waals surface area contributed by atoms with Crippen molar-refractivity contribution in [2.45, 2.75) is 13.3 Å². The lowest BCUT2D eigenvalue weighted by atomic mass is 10.1. The van der Waals surface area contributed by atoms with Crippen molar-refractivity contribution in [2.75, 3.05) is 19.8 Å². The minimum Gasteiger partial charge on any atom is -0.396 e. The molecule has 1 atom stereocenters. The van der Waals surface area contributed by atoms with E-state index >= 15 is 0 Å². The highest BCUT2D eigenvalue weighted by atomic mass is 16.5. The predicted octanol–water partition coefficient (Wildman–Crippen LogP) is 1.21. The second-order valence-electron chi connectivity index (χ2n) is 2.44. The zero-order valence-corrected chi connectivity index (χ0v) is 6.55. The molecule has 0 aromatic carbocycles. The number of hydrogen-bond acceptors (Lipinski definition) is 2. The zero-order chi connectivity index (χ0) is 7.82. The molecule has 2 heteroatoms. The molecule has 10 heavy (non-hydrogen) atoms. The summed E-state index contributed by atoms with van der Waals surface area (Å²) >= 11 is 0. The quantitative estimate of drug-likeness (QED) is 0.448. The average molecular weight is 144 g/mol. The Labute approximate surface area is 62.5 Å². The fraction of sp³-hybridized carbons (Fsp3) is 0.750. The van der Waals surface area contributed by atoms with Gasteiger partial charge in [0.15, 0.2) is 0 Å². The molecule has 0 bridgehead atoms. The summed E-state index contributed by atoms with van der Waals surface area (Å²) in [5.74, 6) is 0.449. The van der Waals surface area contributed by atoms with Gasteiger partial charge in [0.05, 0.1) is 6.61 Å². The van der Waals surface area contributed by atoms with E-state index in [0.29, 0.717) is 19.1 Å². The maximum Gasteiger partial charge on any atom is 0.0644 e. The maximum atomic E-state index is 8.52. The molecule has 0 amide bonds. The molecule has 0 aliphatic carbocycles. The number of hydrogen-bond donors (Lipinski definition) is 1. The van der Waals surface area contributed by atoms with Gasteiger partial charge >= 0.3 is 0 Å². The summed E-state index contributed by atoms with van der Waals surface area (Å²) < 4.78 is 5.17. The molecular weight excluding hydrogens is 128 g/mol. The highest BCUT2D eigenvalue weighted by molar-refractivity contribution is 4.64. The van der Waals surface area contributed by atoms with E-state index in [4.69, 9.17) is 9.84 Å². The van der Waals surface area contributed by atoms with E-state index in [1.54, 1.807) is 6.08 Å². The first kappa shape index (κ1) is 9.66. The van der Waals surface area contributed by atoms with Gasteiger partial charge in [-0.1, -0.05) is 13.0 Å². The third-order valence-corrected chi connectivity index (χ3v) is 1.26. The van der Waals surface area contributed by atoms with Gasteiger partial charge in [-0.3, -0.25) is 0 Å². The first-order chi connectivity index (χ1) is 4.81. The van der Waals surface area contributed by atoms with E-state index in [9.17, 15) is 0 Å². The molecule has 0 aliphatic heterocycles. The lowest BCUT2D eigenvalue weighted by Gasteiger charge is -2.07. The Hall–Kier alpha value is -0.340. The average Bonchev–Trinajstić information content (AvgIpc) is 1.89. The SMILES string of the molecule is C=CCOCC(C)CCO. The van der Waals surface area contributed by atoms with Crippen LogP contribution in [0, 0.1) is 5.92 Å². The normalized spacial score (nSPS) is 13.0. The van der Waals surface area contributed by atoms with Crippen LogP contribution >= 0.6 is 0 Å². The smallest absolute Gasteiger partial charge is 0.0644 e. The molecule has 0 fully saturated rings. The highest BCUT2D eigenvalue weighted by Gasteiger charge is 1.98. The molecule has 0 saturated heterocycles. The van der Waals surface area contributed by atoms with E-state index in [-0.39, 0.29) is 6.61 Å². The first-order valence-electron chi connectivity index (χ1n) is 3.60. The Morgan fingerprint density at radius 3 is 2.90 bits per heavy atom. The number of ether oxygens (including phenoxy) is 1. The van der Waals surface area contributed by atoms with Crippen LogP contribution in [0.1, 0.15) is 13.3 Å². The van der Waals surface area contributed by atoms with Crippen molar-refractivity contribution < 1.29 is 9.84 Å². The second-order valence-corrected chi connectivity index (χ2v) is 2.44. The Morgan fingerprint density at radius 2 is 2.40 bits per heavy atom. The fourth-order valence-electron chi connectivity index (χ4n) is 0.656. The van der Waals surface area contributed by atoms with Crippen molar-refractivity contribution in [3.63, 3.8) is 0 Å². The molecule has 1 unspecified atom stereocenters. The number of aliphatic hydroxyl groups is 1. The Kier molecular flexibility index (Phi) is 6.55. The lowest BCUT2D eigenvalue weighted by molar-refractivity contribution is 0.115. The Bertz CT molecular complexity index is 81.3. The van der Waals surface area contributed by atoms with Gasteiger partial charge in [0, 0.05) is 13.2 Å². The van der Waals surface area contributed by atoms with Gasteiger partial charge in [-0.05, 0) is 12.3 Å². The summed E-state index contributed by atoms with van der Waals surface area (Å²) in [5.41, 5.74) is 0. The van der Waals surface area contributed by atoms with E-state index in [2.05, 4.69) is 13.5 Å². The Balaban J connectivity index is 3.04. The van der Waals surface area contributed by atoms with Crippen molar-refractivity contribution >= 4 is 0 Å². The molecule has 2 nitrogen and oxygen atoms in total. The van der Waals surface area contributed by atoms with Crippen LogP contribution in [0.3, 0.4) is 0 Å². The monoisotopic (exact) mass is 144 g/mol. The first-order valence-corrected chi connectivity index (χ1v) is 3.60. The van der Waals surface area contributed by atoms with E-state index in [1.807, 2.05) is 0 Å². The molecule has 60 valence electrons. The summed E-state index contributed by atoms with van der Waals surface area (Å²) in [6.07, 6.45) is 2.54. The van der Waals surface area contributed by atoms with Gasteiger partial charge in [-0.15, -0.1) is 6.58 Å². The summed E-state index contributed by atoms with van der Waals surface area (Å²) in [6, 6.07) is 0. The second kappa shape index (κ2) is 6.78. The minimum absolute atomic E-state index is 0.249. The number of aliphatic hydroxyl groups excluding tert-OH is 1. The standard InChI is InChI=1S/C8H16O2/c1-3-6-10-7-8(2)4-5-9/h3,8-9H,1,4-7H2,2H3. The maximum absolute atomic E-state index is 8.52. The molecule has 0 aromatic heterocycles. The van der Waals surface area contributed by atoms with E-state index in [1.165, 1.54) is 0 Å². The predicted molar refractivity (Wildman–Crippen MR) is 41.9 cm³/mol. The van der Waals surface area contributed by atoms with Gasteiger partial charge in [0.1, 0.15) is 0 Å². The minimum atomic E-state index is 0.249. The summed E-state index contributed by atoms with van der Waals surface area (Å²) in [7, 11) is 0. The molecule has 0 aromatic rings. The highest BCUT2D eigenvalue weighted by Crippen LogP contribution is 2.00. The molecule has 0 rings (SSSR count). The lowest BCUT2D eigenvalue weighted by Crippen LogP contribution is -2.07.